The molecule has 0 amide bonds. The maximum atomic E-state index is 10.2. The van der Waals surface area contributed by atoms with Gasteiger partial charge in [-0.3, -0.25) is 4.68 Å². The summed E-state index contributed by atoms with van der Waals surface area (Å²) in [5.74, 6) is 0.846. The molecule has 1 aromatic heterocycles. The third-order valence-electron chi connectivity index (χ3n) is 2.93. The van der Waals surface area contributed by atoms with E-state index in [0.29, 0.717) is 6.42 Å². The summed E-state index contributed by atoms with van der Waals surface area (Å²) < 4.78 is 7.26. The molecule has 1 N–H and O–H groups in total. The van der Waals surface area contributed by atoms with Gasteiger partial charge in [0.15, 0.2) is 0 Å². The first-order valence-electron chi connectivity index (χ1n) is 6.57. The molecule has 1 heterocycles. The molecule has 0 fully saturated rings. The Hall–Kier alpha value is -1.81. The van der Waals surface area contributed by atoms with Crippen molar-refractivity contribution < 1.29 is 9.84 Å². The summed E-state index contributed by atoms with van der Waals surface area (Å²) in [4.78, 5) is 0. The number of aromatic nitrogens is 2. The van der Waals surface area contributed by atoms with Crippen LogP contribution < -0.4 is 4.74 Å². The van der Waals surface area contributed by atoms with Crippen LogP contribution in [-0.2, 0) is 13.5 Å². The predicted molar refractivity (Wildman–Crippen MR) is 74.1 cm³/mol. The number of ether oxygens (including phenoxy) is 1. The number of nitrogens with zero attached hydrogens (tertiary/aromatic N) is 2. The maximum absolute atomic E-state index is 10.2. The van der Waals surface area contributed by atoms with Crippen LogP contribution in [0.1, 0.15) is 30.6 Å². The van der Waals surface area contributed by atoms with E-state index in [-0.39, 0.29) is 0 Å². The van der Waals surface area contributed by atoms with Crippen molar-refractivity contribution in [2.75, 3.05) is 6.61 Å². The third-order valence-corrected chi connectivity index (χ3v) is 2.93. The van der Waals surface area contributed by atoms with E-state index in [1.54, 1.807) is 10.9 Å². The molecule has 19 heavy (non-hydrogen) atoms. The second-order valence-electron chi connectivity index (χ2n) is 4.66. The van der Waals surface area contributed by atoms with Gasteiger partial charge in [0.05, 0.1) is 18.9 Å². The second kappa shape index (κ2) is 6.38. The van der Waals surface area contributed by atoms with E-state index in [0.717, 1.165) is 29.9 Å². The van der Waals surface area contributed by atoms with Crippen LogP contribution in [0.2, 0.25) is 0 Å². The van der Waals surface area contributed by atoms with Gasteiger partial charge in [-0.1, -0.05) is 19.1 Å². The highest BCUT2D eigenvalue weighted by molar-refractivity contribution is 5.29. The molecule has 1 atom stereocenters. The molecule has 1 unspecified atom stereocenters. The molecule has 0 saturated carbocycles. The molecule has 102 valence electrons. The van der Waals surface area contributed by atoms with Crippen LogP contribution in [0.5, 0.6) is 5.75 Å². The number of hydrogen-bond acceptors (Lipinski definition) is 3. The van der Waals surface area contributed by atoms with Crippen molar-refractivity contribution in [3.05, 3.63) is 47.8 Å². The standard InChI is InChI=1S/C15H20N2O2/c1-3-8-19-14-6-4-13(5-7-14)15(18)9-12-10-16-17(2)11-12/h4-7,10-11,15,18H,3,8-9H2,1-2H3. The zero-order chi connectivity index (χ0) is 13.7. The fourth-order valence-corrected chi connectivity index (χ4v) is 1.92. The third kappa shape index (κ3) is 3.83. The molecule has 4 nitrogen and oxygen atoms in total. The van der Waals surface area contributed by atoms with Gasteiger partial charge in [-0.15, -0.1) is 0 Å². The van der Waals surface area contributed by atoms with Crippen LogP contribution in [0, 0.1) is 0 Å². The molecular weight excluding hydrogens is 240 g/mol. The Morgan fingerprint density at radius 2 is 2.05 bits per heavy atom. The summed E-state index contributed by atoms with van der Waals surface area (Å²) in [6, 6.07) is 7.62. The first-order valence-corrected chi connectivity index (χ1v) is 6.57. The van der Waals surface area contributed by atoms with Crippen molar-refractivity contribution in [2.24, 2.45) is 7.05 Å². The summed E-state index contributed by atoms with van der Waals surface area (Å²) in [5.41, 5.74) is 1.93. The first-order chi connectivity index (χ1) is 9.19. The fraction of sp³-hybridized carbons (Fsp3) is 0.400. The smallest absolute Gasteiger partial charge is 0.119 e. The second-order valence-corrected chi connectivity index (χ2v) is 4.66. The highest BCUT2D eigenvalue weighted by Gasteiger charge is 2.09. The molecule has 0 bridgehead atoms. The van der Waals surface area contributed by atoms with E-state index in [1.807, 2.05) is 37.5 Å². The Balaban J connectivity index is 1.97. The summed E-state index contributed by atoms with van der Waals surface area (Å²) >= 11 is 0. The van der Waals surface area contributed by atoms with Crippen LogP contribution in [-0.4, -0.2) is 21.5 Å². The maximum Gasteiger partial charge on any atom is 0.119 e. The van der Waals surface area contributed by atoms with Crippen molar-refractivity contribution in [3.8, 4) is 5.75 Å². The summed E-state index contributed by atoms with van der Waals surface area (Å²) in [5, 5.41) is 14.3. The molecule has 1 aromatic carbocycles. The molecule has 4 heteroatoms. The Labute approximate surface area is 113 Å². The minimum Gasteiger partial charge on any atom is -0.494 e. The minimum absolute atomic E-state index is 0.510. The molecule has 0 saturated heterocycles. The monoisotopic (exact) mass is 260 g/mol. The van der Waals surface area contributed by atoms with Crippen LogP contribution in [0.25, 0.3) is 0 Å². The Kier molecular flexibility index (Phi) is 4.58. The van der Waals surface area contributed by atoms with E-state index in [4.69, 9.17) is 4.74 Å². The van der Waals surface area contributed by atoms with Gasteiger partial charge in [-0.25, -0.2) is 0 Å². The van der Waals surface area contributed by atoms with Crippen LogP contribution >= 0.6 is 0 Å². The van der Waals surface area contributed by atoms with Crippen molar-refractivity contribution in [3.63, 3.8) is 0 Å². The number of benzene rings is 1. The molecule has 0 spiro atoms. The number of hydrogen-bond donors (Lipinski definition) is 1. The lowest BCUT2D eigenvalue weighted by molar-refractivity contribution is 0.178. The number of aliphatic hydroxyl groups excluding tert-OH is 1. The van der Waals surface area contributed by atoms with Crippen molar-refractivity contribution in [1.82, 2.24) is 9.78 Å². The molecule has 2 rings (SSSR count). The summed E-state index contributed by atoms with van der Waals surface area (Å²) in [6.07, 6.45) is 4.75. The largest absolute Gasteiger partial charge is 0.494 e. The molecule has 0 radical (unpaired) electrons. The molecule has 0 aliphatic heterocycles. The van der Waals surface area contributed by atoms with Gasteiger partial charge in [0, 0.05) is 19.7 Å². The number of aliphatic hydroxyl groups is 1. The van der Waals surface area contributed by atoms with Gasteiger partial charge >= 0.3 is 0 Å². The van der Waals surface area contributed by atoms with Crippen molar-refractivity contribution in [1.29, 1.82) is 0 Å². The molecule has 0 aliphatic carbocycles. The van der Waals surface area contributed by atoms with E-state index < -0.39 is 6.10 Å². The minimum atomic E-state index is -0.510. The highest BCUT2D eigenvalue weighted by atomic mass is 16.5. The van der Waals surface area contributed by atoms with Gasteiger partial charge in [-0.2, -0.15) is 5.10 Å². The lowest BCUT2D eigenvalue weighted by Gasteiger charge is -2.11. The average molecular weight is 260 g/mol. The zero-order valence-corrected chi connectivity index (χ0v) is 11.4. The van der Waals surface area contributed by atoms with E-state index in [9.17, 15) is 5.11 Å². The van der Waals surface area contributed by atoms with Gasteiger partial charge in [0.2, 0.25) is 0 Å². The molecule has 0 aliphatic rings. The van der Waals surface area contributed by atoms with E-state index >= 15 is 0 Å². The highest BCUT2D eigenvalue weighted by Crippen LogP contribution is 2.21. The van der Waals surface area contributed by atoms with Gasteiger partial charge < -0.3 is 9.84 Å². The van der Waals surface area contributed by atoms with Crippen LogP contribution in [0.15, 0.2) is 36.7 Å². The van der Waals surface area contributed by atoms with Gasteiger partial charge in [0.1, 0.15) is 5.75 Å². The Bertz CT molecular complexity index is 505. The number of rotatable bonds is 6. The van der Waals surface area contributed by atoms with Gasteiger partial charge in [0.25, 0.3) is 0 Å². The van der Waals surface area contributed by atoms with Crippen molar-refractivity contribution >= 4 is 0 Å². The lowest BCUT2D eigenvalue weighted by Crippen LogP contribution is -2.01. The predicted octanol–water partition coefficient (Wildman–Crippen LogP) is 2.49. The Morgan fingerprint density at radius 3 is 2.63 bits per heavy atom. The van der Waals surface area contributed by atoms with Crippen molar-refractivity contribution in [2.45, 2.75) is 25.9 Å². The molecular formula is C15H20N2O2. The topological polar surface area (TPSA) is 47.3 Å². The lowest BCUT2D eigenvalue weighted by atomic mass is 10.0. The normalized spacial score (nSPS) is 12.4. The van der Waals surface area contributed by atoms with Crippen LogP contribution in [0.3, 0.4) is 0 Å². The fourth-order valence-electron chi connectivity index (χ4n) is 1.92. The van der Waals surface area contributed by atoms with Gasteiger partial charge in [-0.05, 0) is 29.7 Å². The molecule has 2 aromatic rings. The average Bonchev–Trinajstić information content (AvgIpc) is 2.82. The number of aryl methyl sites for hydroxylation is 1. The zero-order valence-electron chi connectivity index (χ0n) is 11.4. The quantitative estimate of drug-likeness (QED) is 0.868. The van der Waals surface area contributed by atoms with E-state index in [2.05, 4.69) is 12.0 Å². The summed E-state index contributed by atoms with van der Waals surface area (Å²) in [6.45, 7) is 2.80. The SMILES string of the molecule is CCCOc1ccc(C(O)Cc2cnn(C)c2)cc1. The Morgan fingerprint density at radius 1 is 1.32 bits per heavy atom. The first kappa shape index (κ1) is 13.6. The van der Waals surface area contributed by atoms with Crippen LogP contribution in [0.4, 0.5) is 0 Å². The van der Waals surface area contributed by atoms with E-state index in [1.165, 1.54) is 0 Å². The summed E-state index contributed by atoms with van der Waals surface area (Å²) in [7, 11) is 1.87.